The van der Waals surface area contributed by atoms with E-state index >= 15 is 0 Å². The Kier molecular flexibility index (Phi) is 6.28. The zero-order chi connectivity index (χ0) is 19.3. The van der Waals surface area contributed by atoms with Gasteiger partial charge >= 0.3 is 5.97 Å². The van der Waals surface area contributed by atoms with Crippen molar-refractivity contribution in [1.82, 2.24) is 0 Å². The quantitative estimate of drug-likeness (QED) is 0.571. The molecule has 0 heterocycles. The van der Waals surface area contributed by atoms with E-state index in [1.807, 2.05) is 13.8 Å². The highest BCUT2D eigenvalue weighted by molar-refractivity contribution is 6.01. The molecule has 0 aliphatic heterocycles. The molecule has 0 saturated heterocycles. The number of methoxy groups -OCH3 is 2. The van der Waals surface area contributed by atoms with Crippen molar-refractivity contribution in [2.45, 2.75) is 13.8 Å². The van der Waals surface area contributed by atoms with Gasteiger partial charge in [0.25, 0.3) is 0 Å². The highest BCUT2D eigenvalue weighted by Crippen LogP contribution is 2.35. The van der Waals surface area contributed by atoms with Crippen LogP contribution in [0.5, 0.6) is 5.75 Å². The highest BCUT2D eigenvalue weighted by atomic mass is 19.1. The Labute approximate surface area is 151 Å². The maximum absolute atomic E-state index is 14.4. The van der Waals surface area contributed by atoms with Crippen molar-refractivity contribution in [3.8, 4) is 16.9 Å². The number of halogens is 2. The average Bonchev–Trinajstić information content (AvgIpc) is 2.68. The second kappa shape index (κ2) is 8.43. The molecule has 0 fully saturated rings. The van der Waals surface area contributed by atoms with Gasteiger partial charge in [-0.3, -0.25) is 0 Å². The maximum atomic E-state index is 14.4. The summed E-state index contributed by atoms with van der Waals surface area (Å²) < 4.78 is 38.4. The van der Waals surface area contributed by atoms with Crippen molar-refractivity contribution in [3.63, 3.8) is 0 Å². The zero-order valence-electron chi connectivity index (χ0n) is 15.1. The summed E-state index contributed by atoms with van der Waals surface area (Å²) in [5.41, 5.74) is 0.506. The molecule has 0 aromatic heterocycles. The van der Waals surface area contributed by atoms with Crippen molar-refractivity contribution >= 4 is 16.7 Å². The van der Waals surface area contributed by atoms with Gasteiger partial charge in [-0.1, -0.05) is 38.1 Å². The Balaban J connectivity index is 0.00000117. The number of fused-ring (bicyclic) bond motifs is 1. The lowest BCUT2D eigenvalue weighted by atomic mass is 9.96. The van der Waals surface area contributed by atoms with Crippen LogP contribution in [0.1, 0.15) is 24.2 Å². The molecule has 0 bridgehead atoms. The van der Waals surface area contributed by atoms with E-state index in [1.165, 1.54) is 14.2 Å². The minimum Gasteiger partial charge on any atom is -0.497 e. The van der Waals surface area contributed by atoms with Crippen LogP contribution in [0.15, 0.2) is 48.5 Å². The molecule has 3 nitrogen and oxygen atoms in total. The predicted molar refractivity (Wildman–Crippen MR) is 98.5 cm³/mol. The number of carbonyl (C=O) groups is 1. The molecule has 0 N–H and O–H groups in total. The van der Waals surface area contributed by atoms with Crippen LogP contribution in [0.25, 0.3) is 21.9 Å². The lowest BCUT2D eigenvalue weighted by Gasteiger charge is -2.11. The SMILES string of the molecule is CC.COC(=O)c1ccc2cccc(-c3c(F)cc(OC)cc3F)c2c1. The van der Waals surface area contributed by atoms with Crippen LogP contribution in [0.4, 0.5) is 8.78 Å². The second-order valence-electron chi connectivity index (χ2n) is 5.20. The van der Waals surface area contributed by atoms with Gasteiger partial charge in [-0.2, -0.15) is 0 Å². The monoisotopic (exact) mass is 358 g/mol. The molecular weight excluding hydrogens is 338 g/mol. The lowest BCUT2D eigenvalue weighted by molar-refractivity contribution is 0.0601. The van der Waals surface area contributed by atoms with Crippen LogP contribution < -0.4 is 4.74 Å². The molecule has 0 aliphatic carbocycles. The molecule has 3 aromatic rings. The Bertz CT molecular complexity index is 913. The van der Waals surface area contributed by atoms with Gasteiger partial charge in [0.15, 0.2) is 0 Å². The van der Waals surface area contributed by atoms with E-state index in [0.29, 0.717) is 16.5 Å². The number of rotatable bonds is 3. The van der Waals surface area contributed by atoms with E-state index in [0.717, 1.165) is 17.5 Å². The minimum atomic E-state index is -0.733. The van der Waals surface area contributed by atoms with Gasteiger partial charge in [-0.05, 0) is 28.5 Å². The normalized spacial score (nSPS) is 10.1. The van der Waals surface area contributed by atoms with Crippen LogP contribution in [-0.2, 0) is 4.74 Å². The summed E-state index contributed by atoms with van der Waals surface area (Å²) in [7, 11) is 2.62. The third-order valence-corrected chi connectivity index (χ3v) is 3.82. The maximum Gasteiger partial charge on any atom is 0.337 e. The van der Waals surface area contributed by atoms with Gasteiger partial charge in [0, 0.05) is 12.1 Å². The number of benzene rings is 3. The summed E-state index contributed by atoms with van der Waals surface area (Å²) >= 11 is 0. The van der Waals surface area contributed by atoms with Gasteiger partial charge in [0.2, 0.25) is 0 Å². The van der Waals surface area contributed by atoms with Crippen LogP contribution in [0.3, 0.4) is 0 Å². The smallest absolute Gasteiger partial charge is 0.337 e. The Morgan fingerprint density at radius 3 is 2.15 bits per heavy atom. The van der Waals surface area contributed by atoms with Crippen molar-refractivity contribution in [2.75, 3.05) is 14.2 Å². The summed E-state index contributed by atoms with van der Waals surface area (Å²) in [4.78, 5) is 11.7. The Morgan fingerprint density at radius 2 is 1.58 bits per heavy atom. The van der Waals surface area contributed by atoms with E-state index < -0.39 is 17.6 Å². The van der Waals surface area contributed by atoms with Crippen LogP contribution in [0, 0.1) is 11.6 Å². The number of carbonyl (C=O) groups excluding carboxylic acids is 1. The first-order chi connectivity index (χ1) is 12.5. The van der Waals surface area contributed by atoms with Gasteiger partial charge in [0.05, 0.1) is 25.3 Å². The first-order valence-corrected chi connectivity index (χ1v) is 8.19. The fourth-order valence-electron chi connectivity index (χ4n) is 2.66. The fraction of sp³-hybridized carbons (Fsp3) is 0.190. The Hall–Kier alpha value is -2.95. The first kappa shape index (κ1) is 19.4. The molecule has 0 spiro atoms. The molecule has 3 aromatic carbocycles. The van der Waals surface area contributed by atoms with Crippen LogP contribution in [-0.4, -0.2) is 20.2 Å². The number of ether oxygens (including phenoxy) is 2. The number of hydrogen-bond acceptors (Lipinski definition) is 3. The molecule has 0 unspecified atom stereocenters. The summed E-state index contributed by atoms with van der Waals surface area (Å²) in [6.45, 7) is 4.00. The summed E-state index contributed by atoms with van der Waals surface area (Å²) in [5.74, 6) is -1.88. The van der Waals surface area contributed by atoms with E-state index in [9.17, 15) is 13.6 Å². The number of hydrogen-bond donors (Lipinski definition) is 0. The van der Waals surface area contributed by atoms with E-state index in [4.69, 9.17) is 9.47 Å². The molecule has 0 atom stereocenters. The standard InChI is InChI=1S/C19H14F2O3.C2H6/c1-23-13-9-16(20)18(17(21)10-13)14-5-3-4-11-6-7-12(8-15(11)14)19(22)24-2;1-2/h3-10H,1-2H3;1-2H3. The van der Waals surface area contributed by atoms with Crippen LogP contribution in [0.2, 0.25) is 0 Å². The molecule has 0 amide bonds. The number of esters is 1. The molecule has 3 rings (SSSR count). The summed E-state index contributed by atoms with van der Waals surface area (Å²) in [6, 6.07) is 12.3. The van der Waals surface area contributed by atoms with Crippen molar-refractivity contribution in [2.24, 2.45) is 0 Å². The van der Waals surface area contributed by atoms with E-state index in [2.05, 4.69) is 0 Å². The predicted octanol–water partition coefficient (Wildman–Crippen LogP) is 5.61. The average molecular weight is 358 g/mol. The van der Waals surface area contributed by atoms with Gasteiger partial charge in [-0.25, -0.2) is 13.6 Å². The largest absolute Gasteiger partial charge is 0.497 e. The molecule has 0 radical (unpaired) electrons. The molecular formula is C21H20F2O3. The third kappa shape index (κ3) is 3.67. The van der Waals surface area contributed by atoms with E-state index in [-0.39, 0.29) is 11.3 Å². The van der Waals surface area contributed by atoms with Crippen molar-refractivity contribution < 1.29 is 23.0 Å². The molecule has 136 valence electrons. The van der Waals surface area contributed by atoms with Gasteiger partial charge in [0.1, 0.15) is 17.4 Å². The van der Waals surface area contributed by atoms with Gasteiger partial charge in [-0.15, -0.1) is 0 Å². The van der Waals surface area contributed by atoms with Crippen molar-refractivity contribution in [1.29, 1.82) is 0 Å². The highest BCUT2D eigenvalue weighted by Gasteiger charge is 2.17. The summed E-state index contributed by atoms with van der Waals surface area (Å²) in [5, 5.41) is 1.32. The molecule has 0 saturated carbocycles. The first-order valence-electron chi connectivity index (χ1n) is 8.19. The summed E-state index contributed by atoms with van der Waals surface area (Å²) in [6.07, 6.45) is 0. The van der Waals surface area contributed by atoms with Gasteiger partial charge < -0.3 is 9.47 Å². The third-order valence-electron chi connectivity index (χ3n) is 3.82. The van der Waals surface area contributed by atoms with E-state index in [1.54, 1.807) is 36.4 Å². The molecule has 5 heteroatoms. The minimum absolute atomic E-state index is 0.101. The topological polar surface area (TPSA) is 35.5 Å². The Morgan fingerprint density at radius 1 is 0.923 bits per heavy atom. The molecule has 0 aliphatic rings. The fourth-order valence-corrected chi connectivity index (χ4v) is 2.66. The molecule has 26 heavy (non-hydrogen) atoms. The van der Waals surface area contributed by atoms with Crippen LogP contribution >= 0.6 is 0 Å². The second-order valence-corrected chi connectivity index (χ2v) is 5.20. The lowest BCUT2D eigenvalue weighted by Crippen LogP contribution is -2.01. The van der Waals surface area contributed by atoms with Crippen molar-refractivity contribution in [3.05, 3.63) is 65.7 Å². The zero-order valence-corrected chi connectivity index (χ0v) is 15.1.